The van der Waals surface area contributed by atoms with Crippen LogP contribution in [-0.2, 0) is 0 Å². The molecule has 0 aliphatic carbocycles. The van der Waals surface area contributed by atoms with Crippen molar-refractivity contribution in [3.63, 3.8) is 0 Å². The standard InChI is InChI=1S/C11H25NOS/c1-9(10(2,3)4)12-7-11(5,13)8-14-6/h9,12-13H,7-8H2,1-6H3. The van der Waals surface area contributed by atoms with Crippen LogP contribution in [0.25, 0.3) is 0 Å². The first-order valence-electron chi connectivity index (χ1n) is 5.14. The average molecular weight is 219 g/mol. The lowest BCUT2D eigenvalue weighted by atomic mass is 9.88. The number of nitrogens with one attached hydrogen (secondary N) is 1. The summed E-state index contributed by atoms with van der Waals surface area (Å²) in [7, 11) is 0. The van der Waals surface area contributed by atoms with E-state index in [1.165, 1.54) is 0 Å². The quantitative estimate of drug-likeness (QED) is 0.743. The first-order chi connectivity index (χ1) is 6.19. The van der Waals surface area contributed by atoms with E-state index in [4.69, 9.17) is 0 Å². The van der Waals surface area contributed by atoms with Crippen LogP contribution in [0.4, 0.5) is 0 Å². The third kappa shape index (κ3) is 5.89. The molecular weight excluding hydrogens is 194 g/mol. The van der Waals surface area contributed by atoms with Gasteiger partial charge in [0.25, 0.3) is 0 Å². The van der Waals surface area contributed by atoms with Gasteiger partial charge in [0.2, 0.25) is 0 Å². The molecule has 0 aliphatic heterocycles. The maximum Gasteiger partial charge on any atom is 0.0833 e. The molecule has 2 atom stereocenters. The fourth-order valence-corrected chi connectivity index (χ4v) is 1.77. The number of hydrogen-bond acceptors (Lipinski definition) is 3. The van der Waals surface area contributed by atoms with Gasteiger partial charge in [0.15, 0.2) is 0 Å². The Morgan fingerprint density at radius 3 is 2.14 bits per heavy atom. The second-order valence-corrected chi connectivity index (χ2v) is 6.26. The third-order valence-electron chi connectivity index (χ3n) is 2.54. The largest absolute Gasteiger partial charge is 0.388 e. The van der Waals surface area contributed by atoms with Crippen LogP contribution < -0.4 is 5.32 Å². The molecule has 0 aliphatic rings. The smallest absolute Gasteiger partial charge is 0.0833 e. The minimum Gasteiger partial charge on any atom is -0.388 e. The summed E-state index contributed by atoms with van der Waals surface area (Å²) in [5.74, 6) is 0.775. The van der Waals surface area contributed by atoms with Gasteiger partial charge < -0.3 is 10.4 Å². The van der Waals surface area contributed by atoms with Crippen molar-refractivity contribution in [2.75, 3.05) is 18.6 Å². The minimum absolute atomic E-state index is 0.245. The molecule has 0 aromatic heterocycles. The highest BCUT2D eigenvalue weighted by Gasteiger charge is 2.24. The van der Waals surface area contributed by atoms with Crippen molar-refractivity contribution in [2.45, 2.75) is 46.3 Å². The Bertz CT molecular complexity index is 163. The third-order valence-corrected chi connectivity index (χ3v) is 3.45. The number of thioether (sulfide) groups is 1. The summed E-state index contributed by atoms with van der Waals surface area (Å²) in [5, 5.41) is 13.3. The first kappa shape index (κ1) is 14.3. The molecule has 0 bridgehead atoms. The monoisotopic (exact) mass is 219 g/mol. The molecule has 0 radical (unpaired) electrons. The van der Waals surface area contributed by atoms with Crippen molar-refractivity contribution in [3.8, 4) is 0 Å². The minimum atomic E-state index is -0.598. The molecular formula is C11H25NOS. The lowest BCUT2D eigenvalue weighted by Crippen LogP contribution is -2.47. The zero-order valence-electron chi connectivity index (χ0n) is 10.3. The molecule has 86 valence electrons. The van der Waals surface area contributed by atoms with Crippen LogP contribution in [0.15, 0.2) is 0 Å². The topological polar surface area (TPSA) is 32.3 Å². The highest BCUT2D eigenvalue weighted by atomic mass is 32.2. The number of rotatable bonds is 5. The molecule has 0 aromatic rings. The van der Waals surface area contributed by atoms with E-state index in [0.717, 1.165) is 5.75 Å². The summed E-state index contributed by atoms with van der Waals surface area (Å²) in [6.45, 7) is 11.3. The predicted molar refractivity (Wildman–Crippen MR) is 65.9 cm³/mol. The summed E-state index contributed by atoms with van der Waals surface area (Å²) in [6.07, 6.45) is 2.02. The molecule has 0 amide bonds. The molecule has 0 spiro atoms. The van der Waals surface area contributed by atoms with E-state index < -0.39 is 5.60 Å². The van der Waals surface area contributed by atoms with E-state index in [1.807, 2.05) is 13.2 Å². The van der Waals surface area contributed by atoms with Crippen LogP contribution in [0.3, 0.4) is 0 Å². The average Bonchev–Trinajstić information content (AvgIpc) is 1.98. The summed E-state index contributed by atoms with van der Waals surface area (Å²) >= 11 is 1.68. The normalized spacial score (nSPS) is 19.1. The Morgan fingerprint density at radius 2 is 1.79 bits per heavy atom. The van der Waals surface area contributed by atoms with Gasteiger partial charge in [-0.2, -0.15) is 11.8 Å². The second-order valence-electron chi connectivity index (χ2n) is 5.40. The van der Waals surface area contributed by atoms with Gasteiger partial charge in [-0.25, -0.2) is 0 Å². The lowest BCUT2D eigenvalue weighted by molar-refractivity contribution is 0.0762. The molecule has 0 aromatic carbocycles. The summed E-state index contributed by atoms with van der Waals surface area (Å²) in [6, 6.07) is 0.413. The first-order valence-corrected chi connectivity index (χ1v) is 6.53. The van der Waals surface area contributed by atoms with E-state index in [-0.39, 0.29) is 5.41 Å². The maximum absolute atomic E-state index is 9.95. The van der Waals surface area contributed by atoms with Crippen LogP contribution in [0.5, 0.6) is 0 Å². The van der Waals surface area contributed by atoms with E-state index in [0.29, 0.717) is 12.6 Å². The molecule has 14 heavy (non-hydrogen) atoms. The lowest BCUT2D eigenvalue weighted by Gasteiger charge is -2.32. The summed E-state index contributed by atoms with van der Waals surface area (Å²) < 4.78 is 0. The van der Waals surface area contributed by atoms with Gasteiger partial charge in [-0.3, -0.25) is 0 Å². The van der Waals surface area contributed by atoms with E-state index in [1.54, 1.807) is 11.8 Å². The Labute approximate surface area is 92.9 Å². The molecule has 0 rings (SSSR count). The second kappa shape index (κ2) is 5.38. The molecule has 0 fully saturated rings. The SMILES string of the molecule is CSCC(C)(O)CNC(C)C(C)(C)C. The zero-order chi connectivity index (χ0) is 11.4. The predicted octanol–water partition coefficient (Wildman–Crippen LogP) is 2.12. The van der Waals surface area contributed by atoms with Crippen LogP contribution in [0, 0.1) is 5.41 Å². The molecule has 2 N–H and O–H groups in total. The van der Waals surface area contributed by atoms with Gasteiger partial charge in [0.1, 0.15) is 0 Å². The molecule has 3 heteroatoms. The van der Waals surface area contributed by atoms with Crippen molar-refractivity contribution in [1.82, 2.24) is 5.32 Å². The van der Waals surface area contributed by atoms with Gasteiger partial charge in [0, 0.05) is 18.3 Å². The van der Waals surface area contributed by atoms with Crippen molar-refractivity contribution in [1.29, 1.82) is 0 Å². The van der Waals surface area contributed by atoms with Gasteiger partial charge in [-0.05, 0) is 25.5 Å². The maximum atomic E-state index is 9.95. The zero-order valence-corrected chi connectivity index (χ0v) is 11.2. The molecule has 0 saturated carbocycles. The Balaban J connectivity index is 3.93. The van der Waals surface area contributed by atoms with Crippen LogP contribution >= 0.6 is 11.8 Å². The fraction of sp³-hybridized carbons (Fsp3) is 1.00. The fourth-order valence-electron chi connectivity index (χ4n) is 1.04. The van der Waals surface area contributed by atoms with Crippen LogP contribution in [0.2, 0.25) is 0 Å². The van der Waals surface area contributed by atoms with Crippen LogP contribution in [-0.4, -0.2) is 35.3 Å². The van der Waals surface area contributed by atoms with Crippen molar-refractivity contribution < 1.29 is 5.11 Å². The van der Waals surface area contributed by atoms with E-state index in [9.17, 15) is 5.11 Å². The molecule has 2 unspecified atom stereocenters. The summed E-state index contributed by atoms with van der Waals surface area (Å²) in [5.41, 5.74) is -0.353. The highest BCUT2D eigenvalue weighted by Crippen LogP contribution is 2.19. The molecule has 2 nitrogen and oxygen atoms in total. The summed E-state index contributed by atoms with van der Waals surface area (Å²) in [4.78, 5) is 0. The Morgan fingerprint density at radius 1 is 1.29 bits per heavy atom. The van der Waals surface area contributed by atoms with Crippen molar-refractivity contribution in [3.05, 3.63) is 0 Å². The van der Waals surface area contributed by atoms with Gasteiger partial charge in [0.05, 0.1) is 5.60 Å². The Hall–Kier alpha value is 0.270. The van der Waals surface area contributed by atoms with E-state index >= 15 is 0 Å². The van der Waals surface area contributed by atoms with Gasteiger partial charge >= 0.3 is 0 Å². The highest BCUT2D eigenvalue weighted by molar-refractivity contribution is 7.98. The Kier molecular flexibility index (Phi) is 5.48. The van der Waals surface area contributed by atoms with Crippen LogP contribution in [0.1, 0.15) is 34.6 Å². The number of aliphatic hydroxyl groups is 1. The van der Waals surface area contributed by atoms with E-state index in [2.05, 4.69) is 33.0 Å². The van der Waals surface area contributed by atoms with Gasteiger partial charge in [-0.15, -0.1) is 0 Å². The molecule has 0 saturated heterocycles. The number of hydrogen-bond donors (Lipinski definition) is 2. The molecule has 0 heterocycles. The van der Waals surface area contributed by atoms with Crippen molar-refractivity contribution >= 4 is 11.8 Å². The van der Waals surface area contributed by atoms with Gasteiger partial charge in [-0.1, -0.05) is 20.8 Å². The van der Waals surface area contributed by atoms with Crippen molar-refractivity contribution in [2.24, 2.45) is 5.41 Å².